The summed E-state index contributed by atoms with van der Waals surface area (Å²) in [5.74, 6) is 0. The Morgan fingerprint density at radius 3 is 2.93 bits per heavy atom. The number of nitrogens with zero attached hydrogens (tertiary/aromatic N) is 1. The molecule has 0 aliphatic rings. The molecular formula is C9H9BrN2OS2. The summed E-state index contributed by atoms with van der Waals surface area (Å²) in [7, 11) is 0. The molecule has 0 amide bonds. The van der Waals surface area contributed by atoms with Crippen LogP contribution in [0.2, 0.25) is 0 Å². The van der Waals surface area contributed by atoms with Gasteiger partial charge in [0.05, 0.1) is 14.4 Å². The molecule has 6 heteroatoms. The first-order valence-corrected chi connectivity index (χ1v) is 6.79. The van der Waals surface area contributed by atoms with Crippen LogP contribution in [0.25, 0.3) is 9.88 Å². The maximum atomic E-state index is 9.51. The summed E-state index contributed by atoms with van der Waals surface area (Å²) in [6.07, 6.45) is -0.654. The third kappa shape index (κ3) is 2.46. The van der Waals surface area contributed by atoms with Crippen LogP contribution in [-0.4, -0.2) is 16.6 Å². The highest BCUT2D eigenvalue weighted by Crippen LogP contribution is 2.33. The maximum absolute atomic E-state index is 9.51. The van der Waals surface area contributed by atoms with Crippen LogP contribution in [0, 0.1) is 0 Å². The fourth-order valence-electron chi connectivity index (χ4n) is 1.10. The standard InChI is InChI=1S/C9H9BrN2OS2/c10-8-2-1-7(15-8)9-12-5(4-14-9)6(13)3-11/h1-2,4,6,13H,3,11H2. The summed E-state index contributed by atoms with van der Waals surface area (Å²) in [6.45, 7) is 0.206. The normalized spacial score (nSPS) is 13.0. The number of thiazole rings is 1. The number of aliphatic hydroxyl groups is 1. The van der Waals surface area contributed by atoms with Crippen LogP contribution in [0.3, 0.4) is 0 Å². The predicted octanol–water partition coefficient (Wildman–Crippen LogP) is 2.63. The van der Waals surface area contributed by atoms with Crippen molar-refractivity contribution in [3.63, 3.8) is 0 Å². The molecule has 0 spiro atoms. The zero-order valence-corrected chi connectivity index (χ0v) is 10.9. The molecule has 0 aliphatic carbocycles. The Balaban J connectivity index is 2.27. The lowest BCUT2D eigenvalue weighted by molar-refractivity contribution is 0.182. The van der Waals surface area contributed by atoms with E-state index in [1.807, 2.05) is 17.5 Å². The fourth-order valence-corrected chi connectivity index (χ4v) is 3.43. The number of nitrogens with two attached hydrogens (primary N) is 1. The Bertz CT molecular complexity index is 454. The third-order valence-corrected chi connectivity index (χ3v) is 4.52. The lowest BCUT2D eigenvalue weighted by Gasteiger charge is -2.01. The van der Waals surface area contributed by atoms with Gasteiger partial charge in [0.1, 0.15) is 11.1 Å². The van der Waals surface area contributed by atoms with E-state index in [1.54, 1.807) is 11.3 Å². The Morgan fingerprint density at radius 1 is 1.53 bits per heavy atom. The molecule has 80 valence electrons. The number of hydrogen-bond donors (Lipinski definition) is 2. The van der Waals surface area contributed by atoms with Gasteiger partial charge in [0, 0.05) is 11.9 Å². The lowest BCUT2D eigenvalue weighted by Crippen LogP contribution is -2.11. The highest BCUT2D eigenvalue weighted by Gasteiger charge is 2.12. The minimum absolute atomic E-state index is 0.206. The van der Waals surface area contributed by atoms with Crippen LogP contribution < -0.4 is 5.73 Å². The van der Waals surface area contributed by atoms with Gasteiger partial charge in [-0.1, -0.05) is 0 Å². The molecule has 1 unspecified atom stereocenters. The smallest absolute Gasteiger partial charge is 0.133 e. The highest BCUT2D eigenvalue weighted by atomic mass is 79.9. The van der Waals surface area contributed by atoms with E-state index >= 15 is 0 Å². The number of thiophene rings is 1. The van der Waals surface area contributed by atoms with Crippen molar-refractivity contribution in [2.75, 3.05) is 6.54 Å². The van der Waals surface area contributed by atoms with E-state index in [0.717, 1.165) is 13.7 Å². The van der Waals surface area contributed by atoms with E-state index in [1.165, 1.54) is 11.3 Å². The SMILES string of the molecule is NCC(O)c1csc(-c2ccc(Br)s2)n1. The zero-order chi connectivity index (χ0) is 10.8. The largest absolute Gasteiger partial charge is 0.385 e. The minimum atomic E-state index is -0.654. The molecule has 0 saturated carbocycles. The van der Waals surface area contributed by atoms with Gasteiger partial charge < -0.3 is 10.8 Å². The van der Waals surface area contributed by atoms with Gasteiger partial charge in [-0.3, -0.25) is 0 Å². The molecule has 0 aromatic carbocycles. The zero-order valence-electron chi connectivity index (χ0n) is 7.68. The summed E-state index contributed by atoms with van der Waals surface area (Å²) in [4.78, 5) is 5.44. The van der Waals surface area contributed by atoms with E-state index < -0.39 is 6.10 Å². The quantitative estimate of drug-likeness (QED) is 0.916. The first-order valence-electron chi connectivity index (χ1n) is 4.30. The summed E-state index contributed by atoms with van der Waals surface area (Å²) in [6, 6.07) is 3.99. The van der Waals surface area contributed by atoms with Crippen LogP contribution in [0.4, 0.5) is 0 Å². The lowest BCUT2D eigenvalue weighted by atomic mass is 10.3. The van der Waals surface area contributed by atoms with Crippen LogP contribution in [-0.2, 0) is 0 Å². The van der Waals surface area contributed by atoms with Crippen molar-refractivity contribution in [2.45, 2.75) is 6.10 Å². The topological polar surface area (TPSA) is 59.1 Å². The summed E-state index contributed by atoms with van der Waals surface area (Å²) >= 11 is 6.55. The van der Waals surface area contributed by atoms with Crippen LogP contribution >= 0.6 is 38.6 Å². The second-order valence-electron chi connectivity index (χ2n) is 2.93. The monoisotopic (exact) mass is 304 g/mol. The molecule has 2 aromatic rings. The van der Waals surface area contributed by atoms with Gasteiger partial charge in [0.15, 0.2) is 0 Å². The van der Waals surface area contributed by atoms with Gasteiger partial charge in [-0.25, -0.2) is 4.98 Å². The summed E-state index contributed by atoms with van der Waals surface area (Å²) < 4.78 is 1.08. The van der Waals surface area contributed by atoms with Crippen molar-refractivity contribution in [1.29, 1.82) is 0 Å². The molecule has 0 radical (unpaired) electrons. The molecule has 15 heavy (non-hydrogen) atoms. The van der Waals surface area contributed by atoms with E-state index in [0.29, 0.717) is 5.69 Å². The number of rotatable bonds is 3. The van der Waals surface area contributed by atoms with E-state index in [2.05, 4.69) is 20.9 Å². The Morgan fingerprint density at radius 2 is 2.33 bits per heavy atom. The molecule has 0 fully saturated rings. The van der Waals surface area contributed by atoms with Crippen molar-refractivity contribution in [3.05, 3.63) is 27.0 Å². The van der Waals surface area contributed by atoms with Crippen molar-refractivity contribution >= 4 is 38.6 Å². The van der Waals surface area contributed by atoms with Crippen molar-refractivity contribution in [2.24, 2.45) is 5.73 Å². The fraction of sp³-hybridized carbons (Fsp3) is 0.222. The molecule has 2 aromatic heterocycles. The molecule has 0 bridgehead atoms. The number of aromatic nitrogens is 1. The molecule has 1 atom stereocenters. The Hall–Kier alpha value is -0.270. The van der Waals surface area contributed by atoms with E-state index in [9.17, 15) is 5.11 Å². The molecule has 0 aliphatic heterocycles. The molecule has 3 nitrogen and oxygen atoms in total. The van der Waals surface area contributed by atoms with E-state index in [4.69, 9.17) is 5.73 Å². The summed E-state index contributed by atoms with van der Waals surface area (Å²) in [5, 5.41) is 12.3. The predicted molar refractivity (Wildman–Crippen MR) is 67.1 cm³/mol. The Labute approximate surface area is 104 Å². The first kappa shape index (κ1) is 11.2. The molecule has 3 N–H and O–H groups in total. The number of hydrogen-bond acceptors (Lipinski definition) is 5. The van der Waals surface area contributed by atoms with Crippen molar-refractivity contribution in [3.8, 4) is 9.88 Å². The molecule has 2 rings (SSSR count). The van der Waals surface area contributed by atoms with Gasteiger partial charge >= 0.3 is 0 Å². The number of aliphatic hydroxyl groups excluding tert-OH is 1. The van der Waals surface area contributed by atoms with Gasteiger partial charge in [0.25, 0.3) is 0 Å². The third-order valence-electron chi connectivity index (χ3n) is 1.87. The van der Waals surface area contributed by atoms with Gasteiger partial charge in [-0.15, -0.1) is 22.7 Å². The van der Waals surface area contributed by atoms with Crippen molar-refractivity contribution in [1.82, 2.24) is 4.98 Å². The maximum Gasteiger partial charge on any atom is 0.133 e. The summed E-state index contributed by atoms with van der Waals surface area (Å²) in [5.41, 5.74) is 6.02. The molecule has 2 heterocycles. The van der Waals surface area contributed by atoms with Gasteiger partial charge in [-0.05, 0) is 28.1 Å². The second-order valence-corrected chi connectivity index (χ2v) is 6.25. The first-order chi connectivity index (χ1) is 7.20. The molecule has 0 saturated heterocycles. The van der Waals surface area contributed by atoms with Crippen LogP contribution in [0.5, 0.6) is 0 Å². The number of halogens is 1. The van der Waals surface area contributed by atoms with E-state index in [-0.39, 0.29) is 6.54 Å². The van der Waals surface area contributed by atoms with Crippen LogP contribution in [0.15, 0.2) is 21.3 Å². The molecular weight excluding hydrogens is 296 g/mol. The van der Waals surface area contributed by atoms with Crippen molar-refractivity contribution < 1.29 is 5.11 Å². The van der Waals surface area contributed by atoms with Gasteiger partial charge in [-0.2, -0.15) is 0 Å². The average Bonchev–Trinajstić information content (AvgIpc) is 2.84. The highest BCUT2D eigenvalue weighted by molar-refractivity contribution is 9.11. The average molecular weight is 305 g/mol. The van der Waals surface area contributed by atoms with Crippen LogP contribution in [0.1, 0.15) is 11.8 Å². The minimum Gasteiger partial charge on any atom is -0.385 e. The Kier molecular flexibility index (Phi) is 3.53. The second kappa shape index (κ2) is 4.71. The van der Waals surface area contributed by atoms with Gasteiger partial charge in [0.2, 0.25) is 0 Å².